The maximum Gasteiger partial charge on any atom is 0.371 e. The van der Waals surface area contributed by atoms with Crippen LogP contribution in [0.3, 0.4) is 0 Å². The van der Waals surface area contributed by atoms with Crippen molar-refractivity contribution in [3.63, 3.8) is 0 Å². The Kier molecular flexibility index (Phi) is 3.38. The van der Waals surface area contributed by atoms with Crippen molar-refractivity contribution in [2.75, 3.05) is 0 Å². The van der Waals surface area contributed by atoms with E-state index in [1.165, 1.54) is 0 Å². The normalized spacial score (nSPS) is 12.9. The summed E-state index contributed by atoms with van der Waals surface area (Å²) in [5.41, 5.74) is -1.96. The lowest BCUT2D eigenvalue weighted by Crippen LogP contribution is -2.44. The smallest absolute Gasteiger partial charge is 0.371 e. The lowest BCUT2D eigenvalue weighted by Gasteiger charge is -2.16. The molecule has 0 heterocycles. The molecule has 0 aromatic heterocycles. The number of carboxylic acids is 3. The fourth-order valence-corrected chi connectivity index (χ4v) is 0.629. The van der Waals surface area contributed by atoms with E-state index in [1.54, 1.807) is 0 Å². The molecule has 0 radical (unpaired) electrons. The molecular formula is C6H6O9. The van der Waals surface area contributed by atoms with Crippen LogP contribution in [0.15, 0.2) is 11.3 Å². The molecule has 84 valence electrons. The standard InChI is InChI=1S/C6H6O9/c7-2(4(10)11)1(3(8)9)6(14,15)5(12)13/h7,14-15H,(H,8,9)(H,10,11)(H,12,13). The van der Waals surface area contributed by atoms with Crippen molar-refractivity contribution in [1.82, 2.24) is 0 Å². The Hall–Kier alpha value is -2.13. The van der Waals surface area contributed by atoms with Crippen molar-refractivity contribution in [1.29, 1.82) is 0 Å². The molecule has 0 amide bonds. The van der Waals surface area contributed by atoms with Crippen LogP contribution < -0.4 is 0 Å². The first kappa shape index (κ1) is 12.9. The highest BCUT2D eigenvalue weighted by molar-refractivity contribution is 6.03. The molecule has 0 rings (SSSR count). The molecule has 0 unspecified atom stereocenters. The predicted octanol–water partition coefficient (Wildman–Crippen LogP) is -2.27. The number of carboxylic acid groups (broad SMARTS) is 3. The van der Waals surface area contributed by atoms with Crippen molar-refractivity contribution in [3.05, 3.63) is 11.3 Å². The van der Waals surface area contributed by atoms with E-state index in [-0.39, 0.29) is 0 Å². The summed E-state index contributed by atoms with van der Waals surface area (Å²) in [5, 5.41) is 50.8. The van der Waals surface area contributed by atoms with Gasteiger partial charge in [-0.25, -0.2) is 14.4 Å². The zero-order valence-electron chi connectivity index (χ0n) is 6.91. The van der Waals surface area contributed by atoms with Crippen LogP contribution in [-0.2, 0) is 14.4 Å². The molecule has 0 aliphatic heterocycles. The van der Waals surface area contributed by atoms with Crippen molar-refractivity contribution >= 4 is 17.9 Å². The molecule has 0 aliphatic rings. The summed E-state index contributed by atoms with van der Waals surface area (Å²) in [6.45, 7) is 0. The van der Waals surface area contributed by atoms with Gasteiger partial charge in [0.15, 0.2) is 5.57 Å². The average Bonchev–Trinajstić information content (AvgIpc) is 2.02. The maximum absolute atomic E-state index is 10.3. The SMILES string of the molecule is O=C(O)C(O)=C(C(=O)O)C(O)(O)C(=O)O. The fraction of sp³-hybridized carbons (Fsp3) is 0.167. The third-order valence-electron chi connectivity index (χ3n) is 1.30. The van der Waals surface area contributed by atoms with Gasteiger partial charge in [-0.3, -0.25) is 0 Å². The molecule has 0 spiro atoms. The van der Waals surface area contributed by atoms with Gasteiger partial charge in [0.25, 0.3) is 0 Å². The molecule has 0 saturated carbocycles. The van der Waals surface area contributed by atoms with Crippen molar-refractivity contribution in [2.24, 2.45) is 0 Å². The van der Waals surface area contributed by atoms with Crippen LogP contribution in [0.2, 0.25) is 0 Å². The second kappa shape index (κ2) is 3.94. The van der Waals surface area contributed by atoms with Crippen LogP contribution in [0.25, 0.3) is 0 Å². The predicted molar refractivity (Wildman–Crippen MR) is 39.7 cm³/mol. The highest BCUT2D eigenvalue weighted by Crippen LogP contribution is 2.17. The van der Waals surface area contributed by atoms with Gasteiger partial charge in [0, 0.05) is 0 Å². The van der Waals surface area contributed by atoms with Gasteiger partial charge in [0.05, 0.1) is 0 Å². The van der Waals surface area contributed by atoms with Gasteiger partial charge in [-0.15, -0.1) is 0 Å². The Morgan fingerprint density at radius 1 is 0.800 bits per heavy atom. The lowest BCUT2D eigenvalue weighted by molar-refractivity contribution is -0.194. The molecule has 0 fully saturated rings. The second-order valence-corrected chi connectivity index (χ2v) is 2.31. The summed E-state index contributed by atoms with van der Waals surface area (Å²) in [4.78, 5) is 30.7. The maximum atomic E-state index is 10.3. The largest absolute Gasteiger partial charge is 0.501 e. The van der Waals surface area contributed by atoms with Crippen LogP contribution in [0.5, 0.6) is 0 Å². The Morgan fingerprint density at radius 2 is 1.20 bits per heavy atom. The van der Waals surface area contributed by atoms with Crippen molar-refractivity contribution in [3.8, 4) is 0 Å². The number of rotatable bonds is 4. The number of aliphatic carboxylic acids is 3. The van der Waals surface area contributed by atoms with Crippen molar-refractivity contribution < 1.29 is 45.0 Å². The summed E-state index contributed by atoms with van der Waals surface area (Å²) in [7, 11) is 0. The van der Waals surface area contributed by atoms with E-state index >= 15 is 0 Å². The number of hydrogen-bond donors (Lipinski definition) is 6. The van der Waals surface area contributed by atoms with Crippen molar-refractivity contribution in [2.45, 2.75) is 5.79 Å². The molecule has 0 aromatic carbocycles. The van der Waals surface area contributed by atoms with Gasteiger partial charge >= 0.3 is 23.7 Å². The first-order valence-electron chi connectivity index (χ1n) is 3.20. The van der Waals surface area contributed by atoms with Gasteiger partial charge in [-0.1, -0.05) is 0 Å². The number of aliphatic hydroxyl groups excluding tert-OH is 1. The van der Waals surface area contributed by atoms with Gasteiger partial charge in [0.1, 0.15) is 0 Å². The summed E-state index contributed by atoms with van der Waals surface area (Å²) in [6.07, 6.45) is 0. The van der Waals surface area contributed by atoms with Crippen LogP contribution in [0, 0.1) is 0 Å². The van der Waals surface area contributed by atoms with Gasteiger partial charge in [-0.05, 0) is 0 Å². The molecule has 0 bridgehead atoms. The summed E-state index contributed by atoms with van der Waals surface area (Å²) in [5.74, 6) is -12.9. The number of aliphatic hydroxyl groups is 3. The average molecular weight is 222 g/mol. The quantitative estimate of drug-likeness (QED) is 0.174. The third kappa shape index (κ3) is 2.42. The first-order valence-corrected chi connectivity index (χ1v) is 3.20. The molecule has 0 saturated heterocycles. The zero-order chi connectivity index (χ0) is 12.4. The Morgan fingerprint density at radius 3 is 1.40 bits per heavy atom. The second-order valence-electron chi connectivity index (χ2n) is 2.31. The van der Waals surface area contributed by atoms with E-state index in [4.69, 9.17) is 30.6 Å². The van der Waals surface area contributed by atoms with E-state index in [2.05, 4.69) is 0 Å². The van der Waals surface area contributed by atoms with Gasteiger partial charge in [-0.2, -0.15) is 0 Å². The molecule has 0 aromatic rings. The molecular weight excluding hydrogens is 216 g/mol. The first-order chi connectivity index (χ1) is 6.62. The summed E-state index contributed by atoms with van der Waals surface area (Å²) in [6, 6.07) is 0. The Balaban J connectivity index is 5.75. The molecule has 0 atom stereocenters. The van der Waals surface area contributed by atoms with Gasteiger partial charge < -0.3 is 30.6 Å². The van der Waals surface area contributed by atoms with E-state index < -0.39 is 35.0 Å². The minimum Gasteiger partial charge on any atom is -0.501 e. The van der Waals surface area contributed by atoms with Crippen LogP contribution in [-0.4, -0.2) is 54.3 Å². The summed E-state index contributed by atoms with van der Waals surface area (Å²) < 4.78 is 0. The van der Waals surface area contributed by atoms with E-state index in [0.717, 1.165) is 0 Å². The minimum absolute atomic E-state index is 1.96. The number of carbonyl (C=O) groups is 3. The minimum atomic E-state index is -3.99. The van der Waals surface area contributed by atoms with E-state index in [0.29, 0.717) is 0 Å². The zero-order valence-corrected chi connectivity index (χ0v) is 6.91. The van der Waals surface area contributed by atoms with Crippen LogP contribution >= 0.6 is 0 Å². The van der Waals surface area contributed by atoms with E-state index in [1.807, 2.05) is 0 Å². The molecule has 15 heavy (non-hydrogen) atoms. The fourth-order valence-electron chi connectivity index (χ4n) is 0.629. The number of hydrogen-bond acceptors (Lipinski definition) is 6. The molecule has 6 N–H and O–H groups in total. The third-order valence-corrected chi connectivity index (χ3v) is 1.30. The van der Waals surface area contributed by atoms with Crippen LogP contribution in [0.1, 0.15) is 0 Å². The van der Waals surface area contributed by atoms with Gasteiger partial charge in [0.2, 0.25) is 5.76 Å². The highest BCUT2D eigenvalue weighted by atomic mass is 16.5. The highest BCUT2D eigenvalue weighted by Gasteiger charge is 2.46. The van der Waals surface area contributed by atoms with Crippen LogP contribution in [0.4, 0.5) is 0 Å². The Labute approximate surface area is 81.1 Å². The Bertz CT molecular complexity index is 350. The lowest BCUT2D eigenvalue weighted by atomic mass is 10.1. The molecule has 0 aliphatic carbocycles. The molecule has 9 heteroatoms. The summed E-state index contributed by atoms with van der Waals surface area (Å²) >= 11 is 0. The molecule has 9 nitrogen and oxygen atoms in total. The van der Waals surface area contributed by atoms with E-state index in [9.17, 15) is 14.4 Å². The monoisotopic (exact) mass is 222 g/mol. The topological polar surface area (TPSA) is 173 Å².